The van der Waals surface area contributed by atoms with E-state index in [2.05, 4.69) is 40.9 Å². The van der Waals surface area contributed by atoms with Crippen LogP contribution in [0.15, 0.2) is 114 Å². The second-order valence-electron chi connectivity index (χ2n) is 7.70. The predicted molar refractivity (Wildman–Crippen MR) is 134 cm³/mol. The van der Waals surface area contributed by atoms with Crippen LogP contribution in [0, 0.1) is 0 Å². The highest BCUT2D eigenvalue weighted by Crippen LogP contribution is 2.27. The summed E-state index contributed by atoms with van der Waals surface area (Å²) >= 11 is 0. The van der Waals surface area contributed by atoms with Gasteiger partial charge < -0.3 is 4.74 Å². The second kappa shape index (κ2) is 9.37. The minimum atomic E-state index is -0.320. The van der Waals surface area contributed by atoms with Crippen molar-refractivity contribution in [2.45, 2.75) is 6.61 Å². The van der Waals surface area contributed by atoms with Gasteiger partial charge >= 0.3 is 0 Å². The highest BCUT2D eigenvalue weighted by Gasteiger charge is 2.12. The van der Waals surface area contributed by atoms with E-state index in [1.165, 1.54) is 0 Å². The maximum Gasteiger partial charge on any atom is 0.275 e. The molecule has 0 radical (unpaired) electrons. The zero-order chi connectivity index (χ0) is 22.5. The molecular formula is C29H22N2O2. The number of carbonyl (C=O) groups is 1. The molecule has 5 rings (SSSR count). The Kier molecular flexibility index (Phi) is 5.81. The van der Waals surface area contributed by atoms with Crippen LogP contribution >= 0.6 is 0 Å². The fraction of sp³-hybridized carbons (Fsp3) is 0.0345. The van der Waals surface area contributed by atoms with E-state index >= 15 is 0 Å². The lowest BCUT2D eigenvalue weighted by Gasteiger charge is -2.11. The van der Waals surface area contributed by atoms with Crippen LogP contribution in [0.2, 0.25) is 0 Å². The quantitative estimate of drug-likeness (QED) is 0.194. The van der Waals surface area contributed by atoms with Gasteiger partial charge in [0.15, 0.2) is 0 Å². The van der Waals surface area contributed by atoms with Gasteiger partial charge in [0.05, 0.1) is 11.8 Å². The topological polar surface area (TPSA) is 50.7 Å². The van der Waals surface area contributed by atoms with Crippen molar-refractivity contribution in [3.8, 4) is 5.75 Å². The van der Waals surface area contributed by atoms with E-state index in [4.69, 9.17) is 4.74 Å². The van der Waals surface area contributed by atoms with Crippen LogP contribution in [0.4, 0.5) is 0 Å². The third-order valence-electron chi connectivity index (χ3n) is 5.54. The Labute approximate surface area is 192 Å². The van der Waals surface area contributed by atoms with Gasteiger partial charge in [-0.15, -0.1) is 0 Å². The van der Waals surface area contributed by atoms with Crippen molar-refractivity contribution < 1.29 is 9.53 Å². The van der Waals surface area contributed by atoms with Gasteiger partial charge in [-0.1, -0.05) is 91.0 Å². The summed E-state index contributed by atoms with van der Waals surface area (Å²) in [6, 6.07) is 35.6. The molecule has 0 aliphatic rings. The van der Waals surface area contributed by atoms with Gasteiger partial charge in [-0.25, -0.2) is 5.43 Å². The zero-order valence-electron chi connectivity index (χ0n) is 17.9. The molecule has 0 bridgehead atoms. The smallest absolute Gasteiger partial charge is 0.275 e. The molecule has 5 aromatic carbocycles. The van der Waals surface area contributed by atoms with Crippen LogP contribution < -0.4 is 10.2 Å². The molecule has 160 valence electrons. The zero-order valence-corrected chi connectivity index (χ0v) is 17.9. The molecule has 0 aliphatic heterocycles. The summed E-state index contributed by atoms with van der Waals surface area (Å²) in [6.07, 6.45) is 1.72. The third-order valence-corrected chi connectivity index (χ3v) is 5.54. The first-order chi connectivity index (χ1) is 16.3. The fourth-order valence-electron chi connectivity index (χ4n) is 3.92. The minimum absolute atomic E-state index is 0.320. The van der Waals surface area contributed by atoms with Gasteiger partial charge in [0.2, 0.25) is 0 Å². The third kappa shape index (κ3) is 4.46. The first-order valence-electron chi connectivity index (χ1n) is 10.8. The van der Waals surface area contributed by atoms with Crippen molar-refractivity contribution in [1.29, 1.82) is 0 Å². The SMILES string of the molecule is O=C(N/N=C\c1c2ccccc2cc2ccccc12)c1ccccc1OCc1ccccc1. The molecule has 0 fully saturated rings. The summed E-state index contributed by atoms with van der Waals surface area (Å²) in [5.41, 5.74) is 5.11. The Balaban J connectivity index is 1.39. The number of rotatable bonds is 6. The molecule has 1 amide bonds. The molecule has 0 saturated heterocycles. The summed E-state index contributed by atoms with van der Waals surface area (Å²) in [7, 11) is 0. The Morgan fingerprint density at radius 2 is 1.36 bits per heavy atom. The lowest BCUT2D eigenvalue weighted by molar-refractivity contribution is 0.0950. The molecule has 0 aliphatic carbocycles. The van der Waals surface area contributed by atoms with E-state index in [9.17, 15) is 4.79 Å². The number of nitrogens with zero attached hydrogens (tertiary/aromatic N) is 1. The lowest BCUT2D eigenvalue weighted by Crippen LogP contribution is -2.18. The molecule has 0 saturated carbocycles. The van der Waals surface area contributed by atoms with Gasteiger partial charge in [-0.05, 0) is 45.3 Å². The lowest BCUT2D eigenvalue weighted by atomic mass is 9.97. The van der Waals surface area contributed by atoms with E-state index < -0.39 is 0 Å². The number of nitrogens with one attached hydrogen (secondary N) is 1. The average molecular weight is 431 g/mol. The maximum absolute atomic E-state index is 12.9. The minimum Gasteiger partial charge on any atom is -0.488 e. The van der Waals surface area contributed by atoms with Crippen LogP contribution in [0.5, 0.6) is 5.75 Å². The second-order valence-corrected chi connectivity index (χ2v) is 7.70. The predicted octanol–water partition coefficient (Wildman–Crippen LogP) is 6.34. The van der Waals surface area contributed by atoms with Crippen LogP contribution in [0.1, 0.15) is 21.5 Å². The fourth-order valence-corrected chi connectivity index (χ4v) is 3.92. The van der Waals surface area contributed by atoms with Crippen molar-refractivity contribution in [3.63, 3.8) is 0 Å². The molecule has 4 nitrogen and oxygen atoms in total. The number of amides is 1. The molecule has 4 heteroatoms. The van der Waals surface area contributed by atoms with Crippen molar-refractivity contribution in [2.75, 3.05) is 0 Å². The number of fused-ring (bicyclic) bond motifs is 2. The highest BCUT2D eigenvalue weighted by molar-refractivity contribution is 6.13. The van der Waals surface area contributed by atoms with Gasteiger partial charge in [0.1, 0.15) is 12.4 Å². The monoisotopic (exact) mass is 430 g/mol. The molecule has 0 atom stereocenters. The summed E-state index contributed by atoms with van der Waals surface area (Å²) in [5.74, 6) is 0.198. The normalized spacial score (nSPS) is 11.2. The number of benzene rings is 5. The van der Waals surface area contributed by atoms with Crippen molar-refractivity contribution in [2.24, 2.45) is 5.10 Å². The van der Waals surface area contributed by atoms with Crippen molar-refractivity contribution in [1.82, 2.24) is 5.43 Å². The number of para-hydroxylation sites is 1. The van der Waals surface area contributed by atoms with Crippen molar-refractivity contribution in [3.05, 3.63) is 126 Å². The maximum atomic E-state index is 12.9. The number of ether oxygens (including phenoxy) is 1. The molecular weight excluding hydrogens is 408 g/mol. The van der Waals surface area contributed by atoms with Gasteiger partial charge in [-0.3, -0.25) is 4.79 Å². The standard InChI is InChI=1S/C29H22N2O2/c32-29(26-16-8-9-17-28(26)33-20-21-10-2-1-3-11-21)31-30-19-27-24-14-6-4-12-22(24)18-23-13-5-7-15-25(23)27/h1-19H,20H2,(H,31,32)/b30-19-. The van der Waals surface area contributed by atoms with Gasteiger partial charge in [-0.2, -0.15) is 5.10 Å². The summed E-state index contributed by atoms with van der Waals surface area (Å²) in [6.45, 7) is 0.385. The Morgan fingerprint density at radius 1 is 0.758 bits per heavy atom. The van der Waals surface area contributed by atoms with Crippen LogP contribution in [0.25, 0.3) is 21.5 Å². The molecule has 0 spiro atoms. The summed E-state index contributed by atoms with van der Waals surface area (Å²) < 4.78 is 5.91. The van der Waals surface area contributed by atoms with Crippen LogP contribution in [-0.2, 0) is 6.61 Å². The molecule has 0 unspecified atom stereocenters. The first-order valence-corrected chi connectivity index (χ1v) is 10.8. The largest absolute Gasteiger partial charge is 0.488 e. The van der Waals surface area contributed by atoms with Crippen molar-refractivity contribution >= 4 is 33.7 Å². The number of hydrogen-bond donors (Lipinski definition) is 1. The Hall–Kier alpha value is -4.44. The highest BCUT2D eigenvalue weighted by atomic mass is 16.5. The number of hydrazone groups is 1. The van der Waals surface area contributed by atoms with Gasteiger partial charge in [0.25, 0.3) is 5.91 Å². The average Bonchev–Trinajstić information content (AvgIpc) is 2.87. The van der Waals surface area contributed by atoms with E-state index in [0.717, 1.165) is 32.7 Å². The Bertz CT molecular complexity index is 1410. The van der Waals surface area contributed by atoms with E-state index in [-0.39, 0.29) is 5.91 Å². The molecule has 1 N–H and O–H groups in total. The molecule has 0 aromatic heterocycles. The molecule has 33 heavy (non-hydrogen) atoms. The number of carbonyl (C=O) groups excluding carboxylic acids is 1. The summed E-state index contributed by atoms with van der Waals surface area (Å²) in [4.78, 5) is 12.9. The Morgan fingerprint density at radius 3 is 2.09 bits per heavy atom. The molecule has 0 heterocycles. The van der Waals surface area contributed by atoms with Crippen LogP contribution in [-0.4, -0.2) is 12.1 Å². The number of hydrogen-bond acceptors (Lipinski definition) is 3. The van der Waals surface area contributed by atoms with E-state index in [0.29, 0.717) is 17.9 Å². The van der Waals surface area contributed by atoms with E-state index in [1.807, 2.05) is 66.7 Å². The summed E-state index contributed by atoms with van der Waals surface area (Å²) in [5, 5.41) is 8.72. The van der Waals surface area contributed by atoms with Crippen LogP contribution in [0.3, 0.4) is 0 Å². The first kappa shape index (κ1) is 20.5. The van der Waals surface area contributed by atoms with E-state index in [1.54, 1.807) is 18.3 Å². The molecule has 5 aromatic rings. The van der Waals surface area contributed by atoms with Gasteiger partial charge in [0, 0.05) is 5.56 Å².